The zero-order valence-electron chi connectivity index (χ0n) is 17.4. The topological polar surface area (TPSA) is 6.48 Å². The van der Waals surface area contributed by atoms with E-state index in [0.29, 0.717) is 5.92 Å². The Hall–Kier alpha value is -1.58. The molecule has 29 heavy (non-hydrogen) atoms. The van der Waals surface area contributed by atoms with Crippen LogP contribution in [0.3, 0.4) is 0 Å². The third-order valence-electron chi connectivity index (χ3n) is 7.37. The van der Waals surface area contributed by atoms with Crippen molar-refractivity contribution in [2.24, 2.45) is 5.92 Å². The van der Waals surface area contributed by atoms with E-state index in [1.54, 1.807) is 0 Å². The zero-order valence-corrected chi connectivity index (χ0v) is 18.2. The van der Waals surface area contributed by atoms with E-state index < -0.39 is 0 Å². The van der Waals surface area contributed by atoms with Crippen LogP contribution < -0.4 is 4.90 Å². The number of hydrogen-bond donors (Lipinski definition) is 0. The Kier molecular flexibility index (Phi) is 5.08. The molecule has 0 aromatic heterocycles. The number of likely N-dealkylation sites (tertiary alicyclic amines) is 1. The van der Waals surface area contributed by atoms with Crippen LogP contribution in [0.5, 0.6) is 0 Å². The van der Waals surface area contributed by atoms with E-state index in [2.05, 4.69) is 35.8 Å². The van der Waals surface area contributed by atoms with Crippen molar-refractivity contribution in [3.63, 3.8) is 0 Å². The van der Waals surface area contributed by atoms with Crippen LogP contribution in [0.25, 0.3) is 0 Å². The molecule has 2 nitrogen and oxygen atoms in total. The highest BCUT2D eigenvalue weighted by Gasteiger charge is 2.35. The summed E-state index contributed by atoms with van der Waals surface area (Å²) in [6.45, 7) is 8.48. The summed E-state index contributed by atoms with van der Waals surface area (Å²) in [5.41, 5.74) is 5.73. The fourth-order valence-corrected chi connectivity index (χ4v) is 5.89. The maximum Gasteiger partial charge on any atom is 0.128 e. The second-order valence-electron chi connectivity index (χ2n) is 9.36. The summed E-state index contributed by atoms with van der Waals surface area (Å²) in [5, 5.41) is 0.808. The Morgan fingerprint density at radius 1 is 1.07 bits per heavy atom. The molecule has 0 radical (unpaired) electrons. The van der Waals surface area contributed by atoms with E-state index in [4.69, 9.17) is 11.6 Å². The molecule has 3 aliphatic rings. The van der Waals surface area contributed by atoms with Crippen molar-refractivity contribution in [2.75, 3.05) is 31.1 Å². The van der Waals surface area contributed by atoms with Gasteiger partial charge in [0, 0.05) is 30.6 Å². The van der Waals surface area contributed by atoms with Gasteiger partial charge < -0.3 is 4.90 Å². The van der Waals surface area contributed by atoms with Crippen molar-refractivity contribution < 1.29 is 4.39 Å². The first kappa shape index (κ1) is 19.4. The van der Waals surface area contributed by atoms with Crippen LogP contribution in [-0.4, -0.2) is 31.1 Å². The second kappa shape index (κ2) is 7.59. The van der Waals surface area contributed by atoms with Crippen LogP contribution in [0, 0.1) is 18.7 Å². The van der Waals surface area contributed by atoms with Crippen LogP contribution >= 0.6 is 11.6 Å². The number of hydrogen-bond acceptors (Lipinski definition) is 2. The number of benzene rings is 2. The van der Waals surface area contributed by atoms with E-state index >= 15 is 4.39 Å². The van der Waals surface area contributed by atoms with Crippen LogP contribution in [-0.2, 0) is 6.42 Å². The van der Waals surface area contributed by atoms with Crippen LogP contribution in [0.15, 0.2) is 30.3 Å². The summed E-state index contributed by atoms with van der Waals surface area (Å²) in [7, 11) is 0. The first-order valence-corrected chi connectivity index (χ1v) is 11.5. The molecule has 0 bridgehead atoms. The molecular formula is C25H30ClFN2. The first-order chi connectivity index (χ1) is 14.0. The normalized spacial score (nSPS) is 23.3. The quantitative estimate of drug-likeness (QED) is 0.600. The molecule has 4 heteroatoms. The zero-order chi connectivity index (χ0) is 20.1. The second-order valence-corrected chi connectivity index (χ2v) is 9.76. The molecule has 2 aromatic carbocycles. The fourth-order valence-electron chi connectivity index (χ4n) is 5.55. The maximum atomic E-state index is 15.2. The molecule has 2 heterocycles. The predicted molar refractivity (Wildman–Crippen MR) is 119 cm³/mol. The summed E-state index contributed by atoms with van der Waals surface area (Å²) < 4.78 is 15.2. The molecule has 0 spiro atoms. The van der Waals surface area contributed by atoms with Crippen LogP contribution in [0.1, 0.15) is 60.4 Å². The summed E-state index contributed by atoms with van der Waals surface area (Å²) in [5.74, 6) is 1.22. The van der Waals surface area contributed by atoms with Gasteiger partial charge in [0.25, 0.3) is 0 Å². The Morgan fingerprint density at radius 2 is 1.83 bits per heavy atom. The molecule has 2 saturated heterocycles. The lowest BCUT2D eigenvalue weighted by atomic mass is 9.88. The molecule has 2 aromatic rings. The lowest BCUT2D eigenvalue weighted by Crippen LogP contribution is -2.45. The molecule has 0 saturated carbocycles. The largest absolute Gasteiger partial charge is 0.369 e. The number of rotatable bonds is 3. The van der Waals surface area contributed by atoms with Gasteiger partial charge in [0.05, 0.1) is 10.7 Å². The third-order valence-corrected chi connectivity index (χ3v) is 7.68. The van der Waals surface area contributed by atoms with E-state index in [-0.39, 0.29) is 11.9 Å². The Balaban J connectivity index is 1.32. The van der Waals surface area contributed by atoms with Gasteiger partial charge in [-0.3, -0.25) is 4.90 Å². The van der Waals surface area contributed by atoms with Gasteiger partial charge in [-0.05, 0) is 80.4 Å². The highest BCUT2D eigenvalue weighted by Crippen LogP contribution is 2.43. The van der Waals surface area contributed by atoms with Gasteiger partial charge in [0.1, 0.15) is 5.82 Å². The van der Waals surface area contributed by atoms with Gasteiger partial charge in [-0.15, -0.1) is 0 Å². The number of para-hydroxylation sites is 1. The highest BCUT2D eigenvalue weighted by atomic mass is 35.5. The third kappa shape index (κ3) is 3.47. The monoisotopic (exact) mass is 412 g/mol. The average molecular weight is 413 g/mol. The van der Waals surface area contributed by atoms with Crippen molar-refractivity contribution in [1.29, 1.82) is 0 Å². The van der Waals surface area contributed by atoms with Crippen LogP contribution in [0.4, 0.5) is 10.1 Å². The minimum absolute atomic E-state index is 0.0194. The van der Waals surface area contributed by atoms with E-state index in [1.165, 1.54) is 24.0 Å². The molecule has 2 fully saturated rings. The standard InChI is InChI=1S/C25H30ClFN2/c1-16-8-10-28(11-9-16)23-7-6-18-12-19(13-22(27)24(18)23)20-14-29(15-20)25-17(2)4-3-5-21(25)26/h3-5,12-13,16,20,23H,6-11,14-15H2,1-2H3. The van der Waals surface area contributed by atoms with E-state index in [9.17, 15) is 0 Å². The Morgan fingerprint density at radius 3 is 2.55 bits per heavy atom. The first-order valence-electron chi connectivity index (χ1n) is 11.1. The summed E-state index contributed by atoms with van der Waals surface area (Å²) in [4.78, 5) is 4.85. The minimum atomic E-state index is 0.0194. The average Bonchev–Trinajstić information content (AvgIpc) is 3.08. The van der Waals surface area contributed by atoms with Crippen molar-refractivity contribution >= 4 is 17.3 Å². The van der Waals surface area contributed by atoms with Gasteiger partial charge >= 0.3 is 0 Å². The van der Waals surface area contributed by atoms with Crippen molar-refractivity contribution in [1.82, 2.24) is 4.90 Å². The number of aryl methyl sites for hydroxylation is 2. The van der Waals surface area contributed by atoms with Crippen LogP contribution in [0.2, 0.25) is 5.02 Å². The van der Waals surface area contributed by atoms with E-state index in [1.807, 2.05) is 18.2 Å². The molecule has 154 valence electrons. The van der Waals surface area contributed by atoms with E-state index in [0.717, 1.165) is 66.8 Å². The predicted octanol–water partition coefficient (Wildman–Crippen LogP) is 6.11. The van der Waals surface area contributed by atoms with Gasteiger partial charge in [-0.2, -0.15) is 0 Å². The number of halogens is 2. The van der Waals surface area contributed by atoms with Gasteiger partial charge in [0.15, 0.2) is 0 Å². The Labute approximate surface area is 178 Å². The molecule has 1 atom stereocenters. The summed E-state index contributed by atoms with van der Waals surface area (Å²) >= 11 is 6.43. The maximum absolute atomic E-state index is 15.2. The van der Waals surface area contributed by atoms with Crippen molar-refractivity contribution in [3.05, 3.63) is 63.4 Å². The summed E-state index contributed by atoms with van der Waals surface area (Å²) in [6, 6.07) is 10.5. The molecule has 1 aliphatic carbocycles. The SMILES string of the molecule is Cc1cccc(Cl)c1N1CC(c2cc(F)c3c(c2)CCC3N2CCC(C)CC2)C1. The smallest absolute Gasteiger partial charge is 0.128 e. The minimum Gasteiger partial charge on any atom is -0.369 e. The fraction of sp³-hybridized carbons (Fsp3) is 0.520. The molecule has 0 amide bonds. The lowest BCUT2D eigenvalue weighted by Gasteiger charge is -2.42. The van der Waals surface area contributed by atoms with Gasteiger partial charge in [-0.25, -0.2) is 4.39 Å². The number of nitrogens with zero attached hydrogens (tertiary/aromatic N) is 2. The number of fused-ring (bicyclic) bond motifs is 1. The van der Waals surface area contributed by atoms with Gasteiger partial charge in [0.2, 0.25) is 0 Å². The number of piperidine rings is 1. The molecular weight excluding hydrogens is 383 g/mol. The van der Waals surface area contributed by atoms with Gasteiger partial charge in [-0.1, -0.05) is 36.7 Å². The molecule has 2 aliphatic heterocycles. The lowest BCUT2D eigenvalue weighted by molar-refractivity contribution is 0.135. The molecule has 0 N–H and O–H groups in total. The highest BCUT2D eigenvalue weighted by molar-refractivity contribution is 6.33. The van der Waals surface area contributed by atoms with Crippen molar-refractivity contribution in [3.8, 4) is 0 Å². The number of anilines is 1. The molecule has 1 unspecified atom stereocenters. The van der Waals surface area contributed by atoms with Crippen molar-refractivity contribution in [2.45, 2.75) is 51.5 Å². The molecule has 5 rings (SSSR count). The summed E-state index contributed by atoms with van der Waals surface area (Å²) in [6.07, 6.45) is 4.56. The Bertz CT molecular complexity index is 893.